The molecule has 1 aromatic carbocycles. The van der Waals surface area contributed by atoms with Crippen molar-refractivity contribution in [1.29, 1.82) is 0 Å². The molecule has 76 valence electrons. The van der Waals surface area contributed by atoms with E-state index in [4.69, 9.17) is 0 Å². The zero-order valence-corrected chi connectivity index (χ0v) is 9.60. The van der Waals surface area contributed by atoms with Crippen molar-refractivity contribution in [3.8, 4) is 11.8 Å². The van der Waals surface area contributed by atoms with E-state index in [2.05, 4.69) is 29.8 Å². The van der Waals surface area contributed by atoms with Crippen LogP contribution >= 0.6 is 11.3 Å². The molecule has 1 heterocycles. The molecule has 1 nitrogen and oxygen atoms in total. The van der Waals surface area contributed by atoms with Gasteiger partial charge in [0, 0.05) is 6.42 Å². The molecule has 0 fully saturated rings. The van der Waals surface area contributed by atoms with E-state index in [1.54, 1.807) is 11.3 Å². The lowest BCUT2D eigenvalue weighted by molar-refractivity contribution is 0.828. The molecule has 0 N–H and O–H groups in total. The minimum atomic E-state index is 0.937. The van der Waals surface area contributed by atoms with Gasteiger partial charge in [0.2, 0.25) is 0 Å². The molecule has 0 saturated carbocycles. The van der Waals surface area contributed by atoms with Gasteiger partial charge < -0.3 is 0 Å². The van der Waals surface area contributed by atoms with Crippen molar-refractivity contribution in [3.63, 3.8) is 0 Å². The second-order valence-corrected chi connectivity index (χ2v) is 4.42. The first kappa shape index (κ1) is 10.2. The van der Waals surface area contributed by atoms with Gasteiger partial charge in [0.05, 0.1) is 10.2 Å². The summed E-state index contributed by atoms with van der Waals surface area (Å²) in [4.78, 5) is 4.46. The number of para-hydroxylation sites is 1. The Morgan fingerprint density at radius 2 is 2.20 bits per heavy atom. The van der Waals surface area contributed by atoms with Crippen LogP contribution in [0.15, 0.2) is 24.3 Å². The Balaban J connectivity index is 2.17. The van der Waals surface area contributed by atoms with E-state index in [1.165, 1.54) is 17.5 Å². The van der Waals surface area contributed by atoms with Gasteiger partial charge in [-0.2, -0.15) is 0 Å². The van der Waals surface area contributed by atoms with Crippen molar-refractivity contribution in [2.75, 3.05) is 0 Å². The van der Waals surface area contributed by atoms with Gasteiger partial charge in [-0.1, -0.05) is 31.4 Å². The third kappa shape index (κ3) is 2.57. The molecular formula is C13H13NS. The number of thiazole rings is 1. The molecule has 0 unspecified atom stereocenters. The average Bonchev–Trinajstić information content (AvgIpc) is 2.67. The van der Waals surface area contributed by atoms with Crippen LogP contribution in [0.1, 0.15) is 31.2 Å². The molecule has 1 aromatic heterocycles. The molecule has 0 atom stereocenters. The summed E-state index contributed by atoms with van der Waals surface area (Å²) < 4.78 is 1.22. The highest BCUT2D eigenvalue weighted by atomic mass is 32.1. The molecule has 0 aliphatic heterocycles. The molecule has 0 spiro atoms. The molecule has 2 aromatic rings. The summed E-state index contributed by atoms with van der Waals surface area (Å²) in [6.07, 6.45) is 3.36. The minimum Gasteiger partial charge on any atom is -0.228 e. The van der Waals surface area contributed by atoms with E-state index >= 15 is 0 Å². The van der Waals surface area contributed by atoms with Gasteiger partial charge in [-0.05, 0) is 24.5 Å². The second-order valence-electron chi connectivity index (χ2n) is 3.39. The maximum absolute atomic E-state index is 4.46. The molecule has 2 heteroatoms. The quantitative estimate of drug-likeness (QED) is 0.548. The molecule has 0 radical (unpaired) electrons. The Hall–Kier alpha value is -1.33. The predicted molar refractivity (Wildman–Crippen MR) is 66.0 cm³/mol. The van der Waals surface area contributed by atoms with Gasteiger partial charge >= 0.3 is 0 Å². The standard InChI is InChI=1S/C13H13NS/c1-2-3-4-5-10-13-14-11-8-6-7-9-12(11)15-13/h6-9H,2-4H2,1H3. The summed E-state index contributed by atoms with van der Waals surface area (Å²) in [5, 5.41) is 0.937. The van der Waals surface area contributed by atoms with Crippen molar-refractivity contribution in [1.82, 2.24) is 4.98 Å². The van der Waals surface area contributed by atoms with Crippen LogP contribution in [0, 0.1) is 11.8 Å². The Kier molecular flexibility index (Phi) is 3.37. The fraction of sp³-hybridized carbons (Fsp3) is 0.308. The number of aromatic nitrogens is 1. The molecule has 0 aliphatic rings. The van der Waals surface area contributed by atoms with Crippen molar-refractivity contribution >= 4 is 21.6 Å². The molecular weight excluding hydrogens is 202 g/mol. The van der Waals surface area contributed by atoms with Crippen LogP contribution < -0.4 is 0 Å². The maximum Gasteiger partial charge on any atom is 0.168 e. The Morgan fingerprint density at radius 3 is 3.00 bits per heavy atom. The van der Waals surface area contributed by atoms with E-state index in [9.17, 15) is 0 Å². The average molecular weight is 215 g/mol. The van der Waals surface area contributed by atoms with Crippen LogP contribution in [0.4, 0.5) is 0 Å². The van der Waals surface area contributed by atoms with E-state index < -0.39 is 0 Å². The van der Waals surface area contributed by atoms with E-state index in [0.717, 1.165) is 16.9 Å². The normalized spacial score (nSPS) is 9.93. The summed E-state index contributed by atoms with van der Waals surface area (Å²) in [7, 11) is 0. The molecule has 0 amide bonds. The van der Waals surface area contributed by atoms with E-state index in [1.807, 2.05) is 18.2 Å². The van der Waals surface area contributed by atoms with Crippen molar-refractivity contribution < 1.29 is 0 Å². The zero-order valence-electron chi connectivity index (χ0n) is 8.79. The van der Waals surface area contributed by atoms with E-state index in [0.29, 0.717) is 0 Å². The highest BCUT2D eigenvalue weighted by molar-refractivity contribution is 7.19. The van der Waals surface area contributed by atoms with Crippen LogP contribution in [0.2, 0.25) is 0 Å². The van der Waals surface area contributed by atoms with Crippen LogP contribution in [0.5, 0.6) is 0 Å². The Bertz CT molecular complexity index is 469. The topological polar surface area (TPSA) is 12.9 Å². The van der Waals surface area contributed by atoms with Crippen LogP contribution in [-0.4, -0.2) is 4.98 Å². The summed E-state index contributed by atoms with van der Waals surface area (Å²) in [6.45, 7) is 2.18. The summed E-state index contributed by atoms with van der Waals surface area (Å²) in [5.41, 5.74) is 1.06. The lowest BCUT2D eigenvalue weighted by atomic mass is 10.2. The molecule has 2 rings (SSSR count). The van der Waals surface area contributed by atoms with E-state index in [-0.39, 0.29) is 0 Å². The SMILES string of the molecule is CCCCC#Cc1nc2ccccc2s1. The number of hydrogen-bond acceptors (Lipinski definition) is 2. The summed E-state index contributed by atoms with van der Waals surface area (Å²) >= 11 is 1.67. The second kappa shape index (κ2) is 4.95. The first-order valence-electron chi connectivity index (χ1n) is 5.24. The van der Waals surface area contributed by atoms with Gasteiger partial charge in [0.1, 0.15) is 0 Å². The van der Waals surface area contributed by atoms with Gasteiger partial charge in [0.25, 0.3) is 0 Å². The first-order chi connectivity index (χ1) is 7.40. The number of nitrogens with zero attached hydrogens (tertiary/aromatic N) is 1. The van der Waals surface area contributed by atoms with Gasteiger partial charge in [-0.25, -0.2) is 4.98 Å². The Morgan fingerprint density at radius 1 is 1.33 bits per heavy atom. The highest BCUT2D eigenvalue weighted by Crippen LogP contribution is 2.20. The number of hydrogen-bond donors (Lipinski definition) is 0. The summed E-state index contributed by atoms with van der Waals surface area (Å²) in [6, 6.07) is 8.17. The number of unbranched alkanes of at least 4 members (excludes halogenated alkanes) is 2. The monoisotopic (exact) mass is 215 g/mol. The highest BCUT2D eigenvalue weighted by Gasteiger charge is 1.98. The Labute approximate surface area is 94.2 Å². The number of fused-ring (bicyclic) bond motifs is 1. The van der Waals surface area contributed by atoms with Gasteiger partial charge in [0.15, 0.2) is 5.01 Å². The van der Waals surface area contributed by atoms with Gasteiger partial charge in [-0.3, -0.25) is 0 Å². The summed E-state index contributed by atoms with van der Waals surface area (Å²) in [5.74, 6) is 6.29. The lowest BCUT2D eigenvalue weighted by Crippen LogP contribution is -1.71. The minimum absolute atomic E-state index is 0.937. The van der Waals surface area contributed by atoms with Crippen LogP contribution in [-0.2, 0) is 0 Å². The maximum atomic E-state index is 4.46. The van der Waals surface area contributed by atoms with Crippen LogP contribution in [0.3, 0.4) is 0 Å². The predicted octanol–water partition coefficient (Wildman–Crippen LogP) is 3.84. The van der Waals surface area contributed by atoms with Gasteiger partial charge in [-0.15, -0.1) is 11.3 Å². The van der Waals surface area contributed by atoms with Crippen molar-refractivity contribution in [2.24, 2.45) is 0 Å². The smallest absolute Gasteiger partial charge is 0.168 e. The fourth-order valence-corrected chi connectivity index (χ4v) is 2.17. The largest absolute Gasteiger partial charge is 0.228 e. The van der Waals surface area contributed by atoms with Crippen molar-refractivity contribution in [2.45, 2.75) is 26.2 Å². The fourth-order valence-electron chi connectivity index (χ4n) is 1.33. The molecule has 0 bridgehead atoms. The molecule has 0 aliphatic carbocycles. The number of benzene rings is 1. The first-order valence-corrected chi connectivity index (χ1v) is 6.06. The van der Waals surface area contributed by atoms with Crippen LogP contribution in [0.25, 0.3) is 10.2 Å². The third-order valence-corrected chi connectivity index (χ3v) is 3.10. The van der Waals surface area contributed by atoms with Crippen molar-refractivity contribution in [3.05, 3.63) is 29.3 Å². The zero-order chi connectivity index (χ0) is 10.5. The third-order valence-electron chi connectivity index (χ3n) is 2.14. The number of rotatable bonds is 2. The lowest BCUT2D eigenvalue weighted by Gasteiger charge is -1.82. The molecule has 15 heavy (non-hydrogen) atoms. The molecule has 0 saturated heterocycles.